The molecule has 1 aromatic carbocycles. The Morgan fingerprint density at radius 1 is 1.18 bits per heavy atom. The Bertz CT molecular complexity index is 555. The van der Waals surface area contributed by atoms with Crippen LogP contribution in [0.5, 0.6) is 0 Å². The second-order valence-corrected chi connectivity index (χ2v) is 4.84. The topological polar surface area (TPSA) is 46.0 Å². The fourth-order valence-corrected chi connectivity index (χ4v) is 2.07. The van der Waals surface area contributed by atoms with Gasteiger partial charge in [-0.3, -0.25) is 0 Å². The summed E-state index contributed by atoms with van der Waals surface area (Å²) >= 11 is 3.45. The van der Waals surface area contributed by atoms with Gasteiger partial charge in [0, 0.05) is 15.7 Å². The summed E-state index contributed by atoms with van der Waals surface area (Å²) in [5.41, 5.74) is 3.91. The van der Waals surface area contributed by atoms with Crippen molar-refractivity contribution in [2.45, 2.75) is 20.5 Å². The first-order valence-corrected chi connectivity index (χ1v) is 6.11. The van der Waals surface area contributed by atoms with Crippen LogP contribution in [0.4, 0.5) is 0 Å². The number of aliphatic hydroxyl groups excluding tert-OH is 1. The van der Waals surface area contributed by atoms with E-state index >= 15 is 0 Å². The molecule has 0 aliphatic heterocycles. The van der Waals surface area contributed by atoms with Gasteiger partial charge in [-0.2, -0.15) is 0 Å². The Morgan fingerprint density at radius 3 is 2.65 bits per heavy atom. The van der Waals surface area contributed by atoms with Gasteiger partial charge in [0.25, 0.3) is 0 Å². The van der Waals surface area contributed by atoms with Crippen molar-refractivity contribution < 1.29 is 5.11 Å². The molecule has 0 saturated heterocycles. The monoisotopic (exact) mass is 292 g/mol. The lowest BCUT2D eigenvalue weighted by Gasteiger charge is -2.08. The minimum absolute atomic E-state index is 0.137. The molecule has 2 rings (SSSR count). The van der Waals surface area contributed by atoms with Gasteiger partial charge in [-0.05, 0) is 37.6 Å². The smallest absolute Gasteiger partial charge is 0.154 e. The minimum atomic E-state index is -0.137. The molecule has 0 fully saturated rings. The van der Waals surface area contributed by atoms with Crippen molar-refractivity contribution in [2.24, 2.45) is 0 Å². The van der Waals surface area contributed by atoms with Gasteiger partial charge < -0.3 is 5.11 Å². The summed E-state index contributed by atoms with van der Waals surface area (Å²) in [7, 11) is 0. The number of nitrogens with zero attached hydrogens (tertiary/aromatic N) is 2. The van der Waals surface area contributed by atoms with Gasteiger partial charge in [-0.15, -0.1) is 0 Å². The third kappa shape index (κ3) is 2.70. The molecule has 0 amide bonds. The Kier molecular flexibility index (Phi) is 3.54. The van der Waals surface area contributed by atoms with Crippen LogP contribution in [-0.4, -0.2) is 15.1 Å². The lowest BCUT2D eigenvalue weighted by Crippen LogP contribution is -1.99. The molecule has 1 heterocycles. The van der Waals surface area contributed by atoms with Gasteiger partial charge in [0.15, 0.2) is 5.82 Å². The van der Waals surface area contributed by atoms with Crippen molar-refractivity contribution in [2.75, 3.05) is 0 Å². The molecule has 3 nitrogen and oxygen atoms in total. The van der Waals surface area contributed by atoms with Crippen molar-refractivity contribution in [3.63, 3.8) is 0 Å². The quantitative estimate of drug-likeness (QED) is 0.925. The highest BCUT2D eigenvalue weighted by Crippen LogP contribution is 2.25. The Morgan fingerprint density at radius 2 is 1.94 bits per heavy atom. The highest BCUT2D eigenvalue weighted by Gasteiger charge is 2.07. The van der Waals surface area contributed by atoms with E-state index in [1.807, 2.05) is 38.1 Å². The number of benzene rings is 1. The van der Waals surface area contributed by atoms with Crippen LogP contribution in [0.3, 0.4) is 0 Å². The maximum atomic E-state index is 9.12. The van der Waals surface area contributed by atoms with Crippen molar-refractivity contribution in [3.8, 4) is 11.3 Å². The van der Waals surface area contributed by atoms with Gasteiger partial charge in [-0.1, -0.05) is 22.0 Å². The second-order valence-electron chi connectivity index (χ2n) is 3.93. The third-order valence-corrected chi connectivity index (χ3v) is 3.01. The predicted molar refractivity (Wildman–Crippen MR) is 70.6 cm³/mol. The Balaban J connectivity index is 2.59. The number of rotatable bonds is 2. The first-order valence-electron chi connectivity index (χ1n) is 5.32. The molecule has 0 atom stereocenters. The van der Waals surface area contributed by atoms with Gasteiger partial charge in [0.1, 0.15) is 6.61 Å². The van der Waals surface area contributed by atoms with Gasteiger partial charge in [-0.25, -0.2) is 9.97 Å². The number of aryl methyl sites for hydroxylation is 2. The maximum absolute atomic E-state index is 9.12. The van der Waals surface area contributed by atoms with Gasteiger partial charge in [0.2, 0.25) is 0 Å². The summed E-state index contributed by atoms with van der Waals surface area (Å²) in [4.78, 5) is 8.50. The summed E-state index contributed by atoms with van der Waals surface area (Å²) in [6, 6.07) is 7.99. The van der Waals surface area contributed by atoms with E-state index in [2.05, 4.69) is 25.9 Å². The summed E-state index contributed by atoms with van der Waals surface area (Å²) in [5.74, 6) is 0.458. The van der Waals surface area contributed by atoms with E-state index in [-0.39, 0.29) is 6.61 Å². The molecule has 1 N–H and O–H groups in total. The largest absolute Gasteiger partial charge is 0.388 e. The summed E-state index contributed by atoms with van der Waals surface area (Å²) in [5, 5.41) is 9.12. The molecular formula is C13H13BrN2O. The minimum Gasteiger partial charge on any atom is -0.388 e. The zero-order valence-corrected chi connectivity index (χ0v) is 11.3. The standard InChI is InChI=1S/C13H13BrN2O/c1-8-3-4-10(14)6-11(8)12-5-9(2)15-13(7-17)16-12/h3-6,17H,7H2,1-2H3. The third-order valence-electron chi connectivity index (χ3n) is 2.52. The van der Waals surface area contributed by atoms with Crippen LogP contribution in [-0.2, 0) is 6.61 Å². The highest BCUT2D eigenvalue weighted by molar-refractivity contribution is 9.10. The molecule has 0 aliphatic carbocycles. The summed E-state index contributed by atoms with van der Waals surface area (Å²) in [6.45, 7) is 3.80. The molecule has 0 radical (unpaired) electrons. The molecule has 2 aromatic rings. The van der Waals surface area contributed by atoms with Crippen LogP contribution < -0.4 is 0 Å². The molecule has 0 bridgehead atoms. The number of hydrogen-bond acceptors (Lipinski definition) is 3. The normalized spacial score (nSPS) is 10.6. The number of hydrogen-bond donors (Lipinski definition) is 1. The van der Waals surface area contributed by atoms with Crippen LogP contribution in [0.2, 0.25) is 0 Å². The van der Waals surface area contributed by atoms with Crippen LogP contribution in [0.15, 0.2) is 28.7 Å². The average Bonchev–Trinajstić information content (AvgIpc) is 2.31. The second kappa shape index (κ2) is 4.94. The predicted octanol–water partition coefficient (Wildman–Crippen LogP) is 3.02. The van der Waals surface area contributed by atoms with Gasteiger partial charge >= 0.3 is 0 Å². The molecule has 0 saturated carbocycles. The lowest BCUT2D eigenvalue weighted by atomic mass is 10.1. The zero-order valence-electron chi connectivity index (χ0n) is 9.74. The average molecular weight is 293 g/mol. The molecule has 88 valence electrons. The molecule has 4 heteroatoms. The van der Waals surface area contributed by atoms with E-state index < -0.39 is 0 Å². The Hall–Kier alpha value is -1.26. The molecule has 0 aliphatic rings. The summed E-state index contributed by atoms with van der Waals surface area (Å²) in [6.07, 6.45) is 0. The van der Waals surface area contributed by atoms with Crippen LogP contribution >= 0.6 is 15.9 Å². The zero-order chi connectivity index (χ0) is 12.4. The number of aliphatic hydroxyl groups is 1. The SMILES string of the molecule is Cc1cc(-c2cc(Br)ccc2C)nc(CO)n1. The molecule has 17 heavy (non-hydrogen) atoms. The van der Waals surface area contributed by atoms with Crippen LogP contribution in [0.25, 0.3) is 11.3 Å². The van der Waals surface area contributed by atoms with E-state index in [1.165, 1.54) is 0 Å². The van der Waals surface area contributed by atoms with E-state index in [9.17, 15) is 0 Å². The van der Waals surface area contributed by atoms with E-state index in [1.54, 1.807) is 0 Å². The van der Waals surface area contributed by atoms with Crippen LogP contribution in [0.1, 0.15) is 17.1 Å². The molecule has 0 spiro atoms. The lowest BCUT2D eigenvalue weighted by molar-refractivity contribution is 0.271. The fourth-order valence-electron chi connectivity index (χ4n) is 1.71. The highest BCUT2D eigenvalue weighted by atomic mass is 79.9. The molecule has 1 aromatic heterocycles. The van der Waals surface area contributed by atoms with Gasteiger partial charge in [0.05, 0.1) is 5.69 Å². The molecule has 0 unspecified atom stereocenters. The van der Waals surface area contributed by atoms with E-state index in [0.29, 0.717) is 5.82 Å². The fraction of sp³-hybridized carbons (Fsp3) is 0.231. The van der Waals surface area contributed by atoms with Crippen molar-refractivity contribution in [3.05, 3.63) is 45.8 Å². The van der Waals surface area contributed by atoms with Crippen molar-refractivity contribution >= 4 is 15.9 Å². The summed E-state index contributed by atoms with van der Waals surface area (Å²) < 4.78 is 1.01. The van der Waals surface area contributed by atoms with Crippen molar-refractivity contribution in [1.82, 2.24) is 9.97 Å². The maximum Gasteiger partial charge on any atom is 0.154 e. The number of aromatic nitrogens is 2. The van der Waals surface area contributed by atoms with E-state index in [4.69, 9.17) is 5.11 Å². The number of halogens is 1. The molecular weight excluding hydrogens is 280 g/mol. The van der Waals surface area contributed by atoms with Crippen molar-refractivity contribution in [1.29, 1.82) is 0 Å². The van der Waals surface area contributed by atoms with Crippen LogP contribution in [0, 0.1) is 13.8 Å². The Labute approximate surface area is 109 Å². The van der Waals surface area contributed by atoms with E-state index in [0.717, 1.165) is 27.0 Å². The first kappa shape index (κ1) is 12.2. The first-order chi connectivity index (χ1) is 8.10.